The standard InChI is InChI=1S/C19H19ClF3N5O/c20-14-6-8-15(9-7-14)29-11-1-10-28-16(26-17(24)27-18(28)25)12-2-4-13(5-3-12)19(21,22)23/h2-9,16H,1,10-11H2,(H4,24,25,26,27). The lowest BCUT2D eigenvalue weighted by molar-refractivity contribution is -0.137. The second-order valence-corrected chi connectivity index (χ2v) is 6.74. The molecule has 29 heavy (non-hydrogen) atoms. The summed E-state index contributed by atoms with van der Waals surface area (Å²) < 4.78 is 44.1. The Bertz CT molecular complexity index is 898. The number of guanidine groups is 2. The van der Waals surface area contributed by atoms with E-state index >= 15 is 0 Å². The normalized spacial score (nSPS) is 17.0. The molecule has 0 saturated heterocycles. The van der Waals surface area contributed by atoms with Crippen LogP contribution in [-0.2, 0) is 6.18 Å². The van der Waals surface area contributed by atoms with Gasteiger partial charge < -0.3 is 21.1 Å². The molecule has 2 aromatic rings. The van der Waals surface area contributed by atoms with E-state index in [1.165, 1.54) is 12.1 Å². The molecule has 0 fully saturated rings. The van der Waals surface area contributed by atoms with E-state index in [-0.39, 0.29) is 11.9 Å². The Morgan fingerprint density at radius 3 is 2.31 bits per heavy atom. The molecule has 0 aliphatic carbocycles. The minimum Gasteiger partial charge on any atom is -0.494 e. The Labute approximate surface area is 170 Å². The fourth-order valence-electron chi connectivity index (χ4n) is 2.82. The molecule has 0 saturated carbocycles. The molecule has 10 heteroatoms. The van der Waals surface area contributed by atoms with E-state index in [1.807, 2.05) is 0 Å². The summed E-state index contributed by atoms with van der Waals surface area (Å²) in [5, 5.41) is 0.615. The van der Waals surface area contributed by atoms with Crippen molar-refractivity contribution in [2.24, 2.45) is 21.5 Å². The first kappa shape index (κ1) is 20.8. The topological polar surface area (TPSA) is 89.2 Å². The highest BCUT2D eigenvalue weighted by molar-refractivity contribution is 6.30. The molecule has 6 nitrogen and oxygen atoms in total. The second-order valence-electron chi connectivity index (χ2n) is 6.30. The highest BCUT2D eigenvalue weighted by Gasteiger charge is 2.31. The van der Waals surface area contributed by atoms with Crippen LogP contribution in [0, 0.1) is 0 Å². The third kappa shape index (κ3) is 5.32. The maximum Gasteiger partial charge on any atom is 0.416 e. The van der Waals surface area contributed by atoms with Crippen molar-refractivity contribution in [3.63, 3.8) is 0 Å². The lowest BCUT2D eigenvalue weighted by atomic mass is 10.1. The van der Waals surface area contributed by atoms with Gasteiger partial charge in [0.2, 0.25) is 11.9 Å². The molecule has 1 aliphatic rings. The Morgan fingerprint density at radius 2 is 1.69 bits per heavy atom. The molecule has 4 N–H and O–H groups in total. The first-order chi connectivity index (χ1) is 13.7. The SMILES string of the molecule is NC1=NC(c2ccc(C(F)(F)F)cc2)N(CCCOc2ccc(Cl)cc2)C(N)=N1. The molecule has 0 spiro atoms. The Kier molecular flexibility index (Phi) is 6.17. The molecule has 154 valence electrons. The van der Waals surface area contributed by atoms with Gasteiger partial charge in [-0.05, 0) is 48.4 Å². The third-order valence-corrected chi connectivity index (χ3v) is 4.49. The van der Waals surface area contributed by atoms with Gasteiger partial charge >= 0.3 is 6.18 Å². The zero-order valence-corrected chi connectivity index (χ0v) is 16.0. The number of benzene rings is 2. The monoisotopic (exact) mass is 425 g/mol. The van der Waals surface area contributed by atoms with E-state index in [2.05, 4.69) is 9.98 Å². The van der Waals surface area contributed by atoms with E-state index < -0.39 is 17.9 Å². The van der Waals surface area contributed by atoms with E-state index in [1.54, 1.807) is 29.2 Å². The summed E-state index contributed by atoms with van der Waals surface area (Å²) in [5.41, 5.74) is 11.5. The van der Waals surface area contributed by atoms with Crippen LogP contribution in [0.25, 0.3) is 0 Å². The molecule has 0 radical (unpaired) electrons. The van der Waals surface area contributed by atoms with Crippen molar-refractivity contribution in [3.05, 3.63) is 64.7 Å². The van der Waals surface area contributed by atoms with Crippen LogP contribution in [0.3, 0.4) is 0 Å². The number of hydrogen-bond donors (Lipinski definition) is 2. The molecule has 1 unspecified atom stereocenters. The van der Waals surface area contributed by atoms with Gasteiger partial charge in [-0.1, -0.05) is 23.7 Å². The molecular weight excluding hydrogens is 407 g/mol. The van der Waals surface area contributed by atoms with Gasteiger partial charge in [0.1, 0.15) is 5.75 Å². The average molecular weight is 426 g/mol. The summed E-state index contributed by atoms with van der Waals surface area (Å²) >= 11 is 5.84. The highest BCUT2D eigenvalue weighted by atomic mass is 35.5. The summed E-state index contributed by atoms with van der Waals surface area (Å²) in [4.78, 5) is 9.87. The zero-order valence-electron chi connectivity index (χ0n) is 15.2. The Balaban J connectivity index is 1.66. The number of nitrogens with two attached hydrogens (primary N) is 2. The van der Waals surface area contributed by atoms with Crippen LogP contribution in [0.15, 0.2) is 58.5 Å². The highest BCUT2D eigenvalue weighted by Crippen LogP contribution is 2.31. The van der Waals surface area contributed by atoms with Gasteiger partial charge in [-0.25, -0.2) is 4.99 Å². The van der Waals surface area contributed by atoms with Crippen molar-refractivity contribution >= 4 is 23.5 Å². The summed E-state index contributed by atoms with van der Waals surface area (Å²) in [5.74, 6) is 0.797. The van der Waals surface area contributed by atoms with Crippen LogP contribution < -0.4 is 16.2 Å². The van der Waals surface area contributed by atoms with E-state index in [0.717, 1.165) is 12.1 Å². The number of rotatable bonds is 6. The molecule has 0 amide bonds. The number of aliphatic imine (C=N–C) groups is 2. The summed E-state index contributed by atoms with van der Waals surface area (Å²) in [7, 11) is 0. The predicted molar refractivity (Wildman–Crippen MR) is 106 cm³/mol. The maximum atomic E-state index is 12.8. The quantitative estimate of drug-likeness (QED) is 0.689. The van der Waals surface area contributed by atoms with Gasteiger partial charge in [0.05, 0.1) is 12.2 Å². The first-order valence-electron chi connectivity index (χ1n) is 8.73. The maximum absolute atomic E-state index is 12.8. The molecule has 3 rings (SSSR count). The number of halogens is 4. The molecule has 2 aromatic carbocycles. The fourth-order valence-corrected chi connectivity index (χ4v) is 2.95. The molecule has 1 aliphatic heterocycles. The van der Waals surface area contributed by atoms with Gasteiger partial charge in [-0.2, -0.15) is 18.2 Å². The van der Waals surface area contributed by atoms with Gasteiger partial charge in [0.25, 0.3) is 0 Å². The minimum atomic E-state index is -4.41. The Morgan fingerprint density at radius 1 is 1.03 bits per heavy atom. The Hall–Kier alpha value is -2.94. The second kappa shape index (κ2) is 8.60. The van der Waals surface area contributed by atoms with Gasteiger partial charge in [-0.15, -0.1) is 0 Å². The number of hydrogen-bond acceptors (Lipinski definition) is 6. The zero-order chi connectivity index (χ0) is 21.0. The van der Waals surface area contributed by atoms with Gasteiger partial charge in [-0.3, -0.25) is 0 Å². The van der Waals surface area contributed by atoms with Gasteiger partial charge in [0.15, 0.2) is 6.17 Å². The predicted octanol–water partition coefficient (Wildman–Crippen LogP) is 3.77. The minimum absolute atomic E-state index is 0.0268. The van der Waals surface area contributed by atoms with E-state index in [4.69, 9.17) is 27.8 Å². The lowest BCUT2D eigenvalue weighted by Gasteiger charge is -2.32. The number of alkyl halides is 3. The van der Waals surface area contributed by atoms with Crippen LogP contribution in [0.4, 0.5) is 13.2 Å². The average Bonchev–Trinajstić information content (AvgIpc) is 2.67. The molecular formula is C19H19ClF3N5O. The van der Waals surface area contributed by atoms with Crippen LogP contribution in [0.1, 0.15) is 23.7 Å². The smallest absolute Gasteiger partial charge is 0.416 e. The van der Waals surface area contributed by atoms with Gasteiger partial charge in [0, 0.05) is 11.6 Å². The fraction of sp³-hybridized carbons (Fsp3) is 0.263. The lowest BCUT2D eigenvalue weighted by Crippen LogP contribution is -2.44. The summed E-state index contributed by atoms with van der Waals surface area (Å²) in [6, 6.07) is 11.7. The van der Waals surface area contributed by atoms with Crippen molar-refractivity contribution < 1.29 is 17.9 Å². The van der Waals surface area contributed by atoms with E-state index in [0.29, 0.717) is 35.9 Å². The molecule has 0 bridgehead atoms. The van der Waals surface area contributed by atoms with Crippen molar-refractivity contribution in [3.8, 4) is 5.75 Å². The molecule has 0 aromatic heterocycles. The van der Waals surface area contributed by atoms with Crippen molar-refractivity contribution in [2.75, 3.05) is 13.2 Å². The molecule has 1 heterocycles. The third-order valence-electron chi connectivity index (χ3n) is 4.24. The summed E-state index contributed by atoms with van der Waals surface area (Å²) in [6.07, 6.45) is -4.50. The van der Waals surface area contributed by atoms with Crippen LogP contribution in [0.2, 0.25) is 5.02 Å². The van der Waals surface area contributed by atoms with Crippen molar-refractivity contribution in [2.45, 2.75) is 18.8 Å². The largest absolute Gasteiger partial charge is 0.494 e. The number of nitrogens with zero attached hydrogens (tertiary/aromatic N) is 3. The first-order valence-corrected chi connectivity index (χ1v) is 9.11. The molecule has 1 atom stereocenters. The van der Waals surface area contributed by atoms with E-state index in [9.17, 15) is 13.2 Å². The van der Waals surface area contributed by atoms with Crippen LogP contribution >= 0.6 is 11.6 Å². The van der Waals surface area contributed by atoms with Crippen molar-refractivity contribution in [1.82, 2.24) is 4.90 Å². The van der Waals surface area contributed by atoms with Crippen LogP contribution in [-0.4, -0.2) is 30.0 Å². The van der Waals surface area contributed by atoms with Crippen molar-refractivity contribution in [1.29, 1.82) is 0 Å². The number of ether oxygens (including phenoxy) is 1. The van der Waals surface area contributed by atoms with Crippen LogP contribution in [0.5, 0.6) is 5.75 Å². The summed E-state index contributed by atoms with van der Waals surface area (Å²) in [6.45, 7) is 0.815.